The van der Waals surface area contributed by atoms with Gasteiger partial charge in [-0.25, -0.2) is 4.98 Å². The van der Waals surface area contributed by atoms with Gasteiger partial charge >= 0.3 is 0 Å². The van der Waals surface area contributed by atoms with Crippen molar-refractivity contribution in [1.82, 2.24) is 14.9 Å². The van der Waals surface area contributed by atoms with Crippen molar-refractivity contribution in [2.75, 3.05) is 7.05 Å². The zero-order chi connectivity index (χ0) is 19.0. The third-order valence-corrected chi connectivity index (χ3v) is 7.06. The van der Waals surface area contributed by atoms with Crippen molar-refractivity contribution in [3.05, 3.63) is 20.8 Å². The van der Waals surface area contributed by atoms with Crippen molar-refractivity contribution < 1.29 is 4.79 Å². The van der Waals surface area contributed by atoms with Crippen LogP contribution in [-0.4, -0.2) is 27.8 Å². The second-order valence-corrected chi connectivity index (χ2v) is 10.0. The summed E-state index contributed by atoms with van der Waals surface area (Å²) < 4.78 is 1.78. The van der Waals surface area contributed by atoms with Crippen LogP contribution in [0.25, 0.3) is 10.2 Å². The molecule has 26 heavy (non-hydrogen) atoms. The first-order valence-electron chi connectivity index (χ1n) is 9.25. The lowest BCUT2D eigenvalue weighted by atomic mass is 9.89. The highest BCUT2D eigenvalue weighted by atomic mass is 32.2. The van der Waals surface area contributed by atoms with E-state index in [0.29, 0.717) is 23.5 Å². The monoisotopic (exact) mass is 393 g/mol. The Balaban J connectivity index is 2.14. The molecule has 5 nitrogen and oxygen atoms in total. The molecule has 3 rings (SSSR count). The van der Waals surface area contributed by atoms with Gasteiger partial charge in [-0.05, 0) is 43.6 Å². The number of amides is 1. The maximum absolute atomic E-state index is 13.3. The van der Waals surface area contributed by atoms with Gasteiger partial charge in [-0.2, -0.15) is 0 Å². The van der Waals surface area contributed by atoms with E-state index in [0.717, 1.165) is 29.5 Å². The van der Waals surface area contributed by atoms with Crippen LogP contribution in [0.2, 0.25) is 0 Å². The van der Waals surface area contributed by atoms with Gasteiger partial charge in [0, 0.05) is 18.5 Å². The number of aromatic nitrogens is 2. The summed E-state index contributed by atoms with van der Waals surface area (Å²) in [5.41, 5.74) is 1.27. The van der Waals surface area contributed by atoms with Gasteiger partial charge in [0.15, 0.2) is 5.16 Å². The molecule has 7 heteroatoms. The molecular formula is C19H27N3O2S2. The molecule has 1 amide bonds. The average Bonchev–Trinajstić information content (AvgIpc) is 2.94. The highest BCUT2D eigenvalue weighted by Gasteiger charge is 2.26. The molecule has 0 aromatic carbocycles. The minimum absolute atomic E-state index is 0.0558. The number of thioether (sulfide) groups is 1. The Hall–Kier alpha value is -1.34. The quantitative estimate of drug-likeness (QED) is 0.624. The predicted molar refractivity (Wildman–Crippen MR) is 109 cm³/mol. The summed E-state index contributed by atoms with van der Waals surface area (Å²) in [4.78, 5) is 32.3. The SMILES string of the molecule is CNC(=O)[C@H](C)Sc1nc2sc3c(c2c(=O)n1CC(C)C)CC[C@@H](C)C3. The Morgan fingerprint density at radius 1 is 1.42 bits per heavy atom. The third-order valence-electron chi connectivity index (χ3n) is 4.83. The molecular weight excluding hydrogens is 366 g/mol. The van der Waals surface area contributed by atoms with Gasteiger partial charge in [0.2, 0.25) is 5.91 Å². The van der Waals surface area contributed by atoms with Crippen LogP contribution in [0.4, 0.5) is 0 Å². The summed E-state index contributed by atoms with van der Waals surface area (Å²) in [7, 11) is 1.63. The number of hydrogen-bond donors (Lipinski definition) is 1. The van der Waals surface area contributed by atoms with Crippen LogP contribution in [-0.2, 0) is 24.2 Å². The lowest BCUT2D eigenvalue weighted by Gasteiger charge is -2.18. The molecule has 0 radical (unpaired) electrons. The molecule has 1 aliphatic carbocycles. The van der Waals surface area contributed by atoms with E-state index in [-0.39, 0.29) is 16.7 Å². The molecule has 142 valence electrons. The van der Waals surface area contributed by atoms with E-state index in [4.69, 9.17) is 4.98 Å². The van der Waals surface area contributed by atoms with Crippen molar-refractivity contribution in [2.45, 2.75) is 63.9 Å². The number of thiophene rings is 1. The minimum atomic E-state index is -0.294. The van der Waals surface area contributed by atoms with Crippen LogP contribution in [0.3, 0.4) is 0 Å². The fourth-order valence-electron chi connectivity index (χ4n) is 3.44. The van der Waals surface area contributed by atoms with Gasteiger partial charge in [0.1, 0.15) is 4.83 Å². The smallest absolute Gasteiger partial charge is 0.263 e. The summed E-state index contributed by atoms with van der Waals surface area (Å²) in [6.07, 6.45) is 3.14. The number of hydrogen-bond acceptors (Lipinski definition) is 5. The van der Waals surface area contributed by atoms with E-state index in [9.17, 15) is 9.59 Å². The molecule has 0 saturated carbocycles. The van der Waals surface area contributed by atoms with E-state index in [1.807, 2.05) is 6.92 Å². The molecule has 2 heterocycles. The van der Waals surface area contributed by atoms with Crippen LogP contribution in [0.15, 0.2) is 9.95 Å². The zero-order valence-electron chi connectivity index (χ0n) is 16.1. The average molecular weight is 394 g/mol. The first-order valence-corrected chi connectivity index (χ1v) is 10.9. The van der Waals surface area contributed by atoms with Gasteiger partial charge in [-0.1, -0.05) is 32.5 Å². The third kappa shape index (κ3) is 3.69. The normalized spacial score (nSPS) is 18.2. The van der Waals surface area contributed by atoms with Crippen molar-refractivity contribution in [3.8, 4) is 0 Å². The number of carbonyl (C=O) groups excluding carboxylic acids is 1. The molecule has 1 N–H and O–H groups in total. The molecule has 0 spiro atoms. The molecule has 0 unspecified atom stereocenters. The molecule has 0 bridgehead atoms. The van der Waals surface area contributed by atoms with E-state index in [2.05, 4.69) is 26.1 Å². The number of carbonyl (C=O) groups is 1. The number of nitrogens with zero attached hydrogens (tertiary/aromatic N) is 2. The zero-order valence-corrected chi connectivity index (χ0v) is 17.7. The molecule has 2 aromatic rings. The van der Waals surface area contributed by atoms with Crippen molar-refractivity contribution in [1.29, 1.82) is 0 Å². The van der Waals surface area contributed by atoms with E-state index in [1.165, 1.54) is 22.2 Å². The van der Waals surface area contributed by atoms with Gasteiger partial charge in [0.05, 0.1) is 10.6 Å². The summed E-state index contributed by atoms with van der Waals surface area (Å²) in [5, 5.41) is 3.84. The van der Waals surface area contributed by atoms with Crippen LogP contribution in [0, 0.1) is 11.8 Å². The molecule has 1 aliphatic rings. The Bertz CT molecular complexity index is 885. The Morgan fingerprint density at radius 2 is 2.15 bits per heavy atom. The largest absolute Gasteiger partial charge is 0.358 e. The second kappa shape index (κ2) is 7.72. The first-order chi connectivity index (χ1) is 12.3. The fourth-order valence-corrected chi connectivity index (χ4v) is 5.84. The van der Waals surface area contributed by atoms with E-state index >= 15 is 0 Å². The molecule has 0 fully saturated rings. The van der Waals surface area contributed by atoms with Gasteiger partial charge in [-0.3, -0.25) is 14.2 Å². The predicted octanol–water partition coefficient (Wildman–Crippen LogP) is 3.47. The van der Waals surface area contributed by atoms with Crippen molar-refractivity contribution in [3.63, 3.8) is 0 Å². The summed E-state index contributed by atoms with van der Waals surface area (Å²) >= 11 is 3.03. The number of fused-ring (bicyclic) bond motifs is 3. The first kappa shape index (κ1) is 19.4. The number of rotatable bonds is 5. The highest BCUT2D eigenvalue weighted by Crippen LogP contribution is 2.37. The van der Waals surface area contributed by atoms with Gasteiger partial charge < -0.3 is 5.32 Å². The molecule has 2 aromatic heterocycles. The van der Waals surface area contributed by atoms with Crippen LogP contribution in [0.5, 0.6) is 0 Å². The van der Waals surface area contributed by atoms with E-state index < -0.39 is 0 Å². The van der Waals surface area contributed by atoms with Crippen molar-refractivity contribution in [2.24, 2.45) is 11.8 Å². The summed E-state index contributed by atoms with van der Waals surface area (Å²) in [5.74, 6) is 0.936. The standard InChI is InChI=1S/C19H27N3O2S2/c1-10(2)9-22-18(24)15-13-7-6-11(3)8-14(13)26-17(15)21-19(22)25-12(4)16(23)20-5/h10-12H,6-9H2,1-5H3,(H,20,23)/t11-,12+/m1/s1. The second-order valence-electron chi connectivity index (χ2n) is 7.61. The summed E-state index contributed by atoms with van der Waals surface area (Å²) in [6, 6.07) is 0. The lowest BCUT2D eigenvalue weighted by Crippen LogP contribution is -2.30. The molecule has 0 saturated heterocycles. The van der Waals surface area contributed by atoms with Gasteiger partial charge in [0.25, 0.3) is 5.56 Å². The molecule has 0 aliphatic heterocycles. The van der Waals surface area contributed by atoms with Crippen LogP contribution >= 0.6 is 23.1 Å². The highest BCUT2D eigenvalue weighted by molar-refractivity contribution is 8.00. The maximum Gasteiger partial charge on any atom is 0.263 e. The van der Waals surface area contributed by atoms with E-state index in [1.54, 1.807) is 23.0 Å². The van der Waals surface area contributed by atoms with Gasteiger partial charge in [-0.15, -0.1) is 11.3 Å². The Morgan fingerprint density at radius 3 is 2.81 bits per heavy atom. The topological polar surface area (TPSA) is 64.0 Å². The molecule has 2 atom stereocenters. The minimum Gasteiger partial charge on any atom is -0.358 e. The summed E-state index contributed by atoms with van der Waals surface area (Å²) in [6.45, 7) is 8.92. The number of aryl methyl sites for hydroxylation is 1. The number of nitrogens with one attached hydrogen (secondary N) is 1. The lowest BCUT2D eigenvalue weighted by molar-refractivity contribution is -0.119. The van der Waals surface area contributed by atoms with Crippen LogP contribution in [0.1, 0.15) is 44.6 Å². The fraction of sp³-hybridized carbons (Fsp3) is 0.632. The Kier molecular flexibility index (Phi) is 5.77. The maximum atomic E-state index is 13.3. The van der Waals surface area contributed by atoms with Crippen LogP contribution < -0.4 is 10.9 Å². The van der Waals surface area contributed by atoms with Crippen molar-refractivity contribution >= 4 is 39.2 Å². The Labute approximate surface area is 162 Å².